The van der Waals surface area contributed by atoms with Gasteiger partial charge in [-0.15, -0.1) is 0 Å². The van der Waals surface area contributed by atoms with E-state index in [-0.39, 0.29) is 0 Å². The Balaban J connectivity index is 1.87. The highest BCUT2D eigenvalue weighted by Gasteiger charge is 2.04. The fourth-order valence-corrected chi connectivity index (χ4v) is 2.22. The molecular formula is C16H29NO. The second-order valence-electron chi connectivity index (χ2n) is 5.21. The Hall–Kier alpha value is -0.760. The average molecular weight is 251 g/mol. The number of nitrogens with one attached hydrogen (secondary N) is 1. The maximum Gasteiger partial charge on any atom is 0.0950 e. The predicted molar refractivity (Wildman–Crippen MR) is 77.7 cm³/mol. The minimum Gasteiger partial charge on any atom is -0.472 e. The molecule has 1 atom stereocenters. The van der Waals surface area contributed by atoms with Crippen molar-refractivity contribution in [3.8, 4) is 0 Å². The van der Waals surface area contributed by atoms with Gasteiger partial charge in [-0.05, 0) is 26.0 Å². The molecule has 1 unspecified atom stereocenters. The van der Waals surface area contributed by atoms with Gasteiger partial charge < -0.3 is 9.73 Å². The molecule has 0 aliphatic carbocycles. The minimum atomic E-state index is 0.410. The Morgan fingerprint density at radius 2 is 1.72 bits per heavy atom. The van der Waals surface area contributed by atoms with Crippen LogP contribution >= 0.6 is 0 Å². The van der Waals surface area contributed by atoms with Crippen molar-refractivity contribution in [2.24, 2.45) is 0 Å². The number of hydrogen-bond acceptors (Lipinski definition) is 2. The van der Waals surface area contributed by atoms with Crippen molar-refractivity contribution in [3.63, 3.8) is 0 Å². The summed E-state index contributed by atoms with van der Waals surface area (Å²) in [5, 5.41) is 3.54. The number of furan rings is 1. The zero-order valence-corrected chi connectivity index (χ0v) is 12.1. The topological polar surface area (TPSA) is 25.2 Å². The maximum absolute atomic E-state index is 5.09. The molecule has 0 radical (unpaired) electrons. The molecule has 0 aromatic carbocycles. The van der Waals surface area contributed by atoms with Crippen LogP contribution in [0.2, 0.25) is 0 Å². The summed E-state index contributed by atoms with van der Waals surface area (Å²) in [7, 11) is 0. The van der Waals surface area contributed by atoms with E-state index >= 15 is 0 Å². The third kappa shape index (κ3) is 6.85. The van der Waals surface area contributed by atoms with E-state index in [4.69, 9.17) is 4.42 Å². The number of hydrogen-bond donors (Lipinski definition) is 1. The van der Waals surface area contributed by atoms with E-state index in [0.717, 1.165) is 6.54 Å². The van der Waals surface area contributed by atoms with E-state index in [0.29, 0.717) is 6.04 Å². The summed E-state index contributed by atoms with van der Waals surface area (Å²) in [5.74, 6) is 0. The molecule has 0 aliphatic rings. The molecule has 1 aromatic rings. The Morgan fingerprint density at radius 1 is 1.06 bits per heavy atom. The standard InChI is InChI=1S/C16H29NO/c1-3-4-5-6-7-8-9-10-12-17-15(2)16-11-13-18-14-16/h11,13-15,17H,3-10,12H2,1-2H3. The molecule has 2 heteroatoms. The monoisotopic (exact) mass is 251 g/mol. The largest absolute Gasteiger partial charge is 0.472 e. The lowest BCUT2D eigenvalue weighted by Gasteiger charge is -2.11. The van der Waals surface area contributed by atoms with Crippen LogP contribution in [0.15, 0.2) is 23.0 Å². The average Bonchev–Trinajstić information content (AvgIpc) is 2.90. The van der Waals surface area contributed by atoms with Gasteiger partial charge in [0.05, 0.1) is 12.5 Å². The quantitative estimate of drug-likeness (QED) is 0.555. The molecule has 0 saturated carbocycles. The second kappa shape index (κ2) is 10.2. The van der Waals surface area contributed by atoms with Crippen LogP contribution in [0, 0.1) is 0 Å². The first-order valence-corrected chi connectivity index (χ1v) is 7.60. The molecule has 0 fully saturated rings. The lowest BCUT2D eigenvalue weighted by molar-refractivity contribution is 0.512. The fraction of sp³-hybridized carbons (Fsp3) is 0.750. The molecule has 1 rings (SSSR count). The van der Waals surface area contributed by atoms with Gasteiger partial charge in [-0.1, -0.05) is 51.9 Å². The lowest BCUT2D eigenvalue weighted by Crippen LogP contribution is -2.19. The molecule has 0 spiro atoms. The van der Waals surface area contributed by atoms with Crippen molar-refractivity contribution in [3.05, 3.63) is 24.2 Å². The highest BCUT2D eigenvalue weighted by Crippen LogP contribution is 2.12. The molecule has 2 nitrogen and oxygen atoms in total. The molecule has 1 N–H and O–H groups in total. The van der Waals surface area contributed by atoms with Gasteiger partial charge >= 0.3 is 0 Å². The van der Waals surface area contributed by atoms with Gasteiger partial charge in [0, 0.05) is 11.6 Å². The molecule has 0 saturated heterocycles. The predicted octanol–water partition coefficient (Wildman–Crippen LogP) is 5.07. The zero-order valence-electron chi connectivity index (χ0n) is 12.1. The van der Waals surface area contributed by atoms with Crippen molar-refractivity contribution >= 4 is 0 Å². The lowest BCUT2D eigenvalue weighted by atomic mass is 10.1. The summed E-state index contributed by atoms with van der Waals surface area (Å²) in [4.78, 5) is 0. The van der Waals surface area contributed by atoms with E-state index in [1.165, 1.54) is 56.9 Å². The fourth-order valence-electron chi connectivity index (χ4n) is 2.22. The molecule has 104 valence electrons. The van der Waals surface area contributed by atoms with Gasteiger partial charge in [-0.2, -0.15) is 0 Å². The summed E-state index contributed by atoms with van der Waals surface area (Å²) in [6.45, 7) is 5.57. The zero-order chi connectivity index (χ0) is 13.1. The smallest absolute Gasteiger partial charge is 0.0950 e. The van der Waals surface area contributed by atoms with Crippen molar-refractivity contribution in [2.45, 2.75) is 71.3 Å². The third-order valence-corrected chi connectivity index (χ3v) is 3.52. The third-order valence-electron chi connectivity index (χ3n) is 3.52. The van der Waals surface area contributed by atoms with Gasteiger partial charge in [-0.3, -0.25) is 0 Å². The number of unbranched alkanes of at least 4 members (excludes halogenated alkanes) is 7. The molecular weight excluding hydrogens is 222 g/mol. The Labute approximate surface area is 112 Å². The highest BCUT2D eigenvalue weighted by atomic mass is 16.3. The molecule has 1 aromatic heterocycles. The molecule has 18 heavy (non-hydrogen) atoms. The summed E-state index contributed by atoms with van der Waals surface area (Å²) >= 11 is 0. The van der Waals surface area contributed by atoms with Gasteiger partial charge in [-0.25, -0.2) is 0 Å². The van der Waals surface area contributed by atoms with E-state index in [9.17, 15) is 0 Å². The van der Waals surface area contributed by atoms with Crippen molar-refractivity contribution < 1.29 is 4.42 Å². The first-order chi connectivity index (χ1) is 8.84. The van der Waals surface area contributed by atoms with Crippen LogP contribution in [-0.4, -0.2) is 6.54 Å². The van der Waals surface area contributed by atoms with Gasteiger partial charge in [0.1, 0.15) is 0 Å². The van der Waals surface area contributed by atoms with Crippen molar-refractivity contribution in [2.75, 3.05) is 6.54 Å². The van der Waals surface area contributed by atoms with E-state index in [1.54, 1.807) is 6.26 Å². The first-order valence-electron chi connectivity index (χ1n) is 7.60. The van der Waals surface area contributed by atoms with Crippen LogP contribution in [0.3, 0.4) is 0 Å². The summed E-state index contributed by atoms with van der Waals surface area (Å²) in [6, 6.07) is 2.44. The number of rotatable bonds is 11. The Bertz CT molecular complexity index is 269. The highest BCUT2D eigenvalue weighted by molar-refractivity contribution is 5.09. The van der Waals surface area contributed by atoms with Crippen LogP contribution in [0.4, 0.5) is 0 Å². The minimum absolute atomic E-state index is 0.410. The second-order valence-corrected chi connectivity index (χ2v) is 5.21. The summed E-state index contributed by atoms with van der Waals surface area (Å²) < 4.78 is 5.09. The van der Waals surface area contributed by atoms with Crippen LogP contribution in [0.5, 0.6) is 0 Å². The van der Waals surface area contributed by atoms with Gasteiger partial charge in [0.2, 0.25) is 0 Å². The van der Waals surface area contributed by atoms with Gasteiger partial charge in [0.25, 0.3) is 0 Å². The normalized spacial score (nSPS) is 12.8. The molecule has 0 bridgehead atoms. The van der Waals surface area contributed by atoms with Crippen LogP contribution in [0.25, 0.3) is 0 Å². The Kier molecular flexibility index (Phi) is 8.66. The van der Waals surface area contributed by atoms with Crippen LogP contribution < -0.4 is 5.32 Å². The van der Waals surface area contributed by atoms with Crippen LogP contribution in [0.1, 0.15) is 76.8 Å². The van der Waals surface area contributed by atoms with Gasteiger partial charge in [0.15, 0.2) is 0 Å². The molecule has 0 amide bonds. The first kappa shape index (κ1) is 15.3. The molecule has 0 aliphatic heterocycles. The van der Waals surface area contributed by atoms with E-state index in [2.05, 4.69) is 19.2 Å². The summed E-state index contributed by atoms with van der Waals surface area (Å²) in [5.41, 5.74) is 1.24. The maximum atomic E-state index is 5.09. The van der Waals surface area contributed by atoms with E-state index < -0.39 is 0 Å². The van der Waals surface area contributed by atoms with E-state index in [1.807, 2.05) is 12.3 Å². The van der Waals surface area contributed by atoms with Crippen LogP contribution in [-0.2, 0) is 0 Å². The SMILES string of the molecule is CCCCCCCCCCNC(C)c1ccoc1. The molecule has 1 heterocycles. The van der Waals surface area contributed by atoms with Crippen molar-refractivity contribution in [1.82, 2.24) is 5.32 Å². The Morgan fingerprint density at radius 3 is 2.33 bits per heavy atom. The van der Waals surface area contributed by atoms with Crippen molar-refractivity contribution in [1.29, 1.82) is 0 Å². The summed E-state index contributed by atoms with van der Waals surface area (Å²) in [6.07, 6.45) is 14.6.